The first kappa shape index (κ1) is 24.4. The summed E-state index contributed by atoms with van der Waals surface area (Å²) in [5.41, 5.74) is 0.169. The van der Waals surface area contributed by atoms with Crippen LogP contribution in [0.3, 0.4) is 0 Å². The molecule has 0 bridgehead atoms. The number of carbonyl (C=O) groups excluding carboxylic acids is 2. The molecule has 0 spiro atoms. The average Bonchev–Trinajstić information content (AvgIpc) is 2.63. The van der Waals surface area contributed by atoms with E-state index >= 15 is 0 Å². The molecule has 0 heterocycles. The van der Waals surface area contributed by atoms with Crippen LogP contribution in [-0.4, -0.2) is 47.4 Å². The number of amides is 2. The van der Waals surface area contributed by atoms with Crippen LogP contribution in [0, 0.1) is 5.92 Å². The van der Waals surface area contributed by atoms with Gasteiger partial charge >= 0.3 is 12.1 Å². The van der Waals surface area contributed by atoms with E-state index in [1.807, 2.05) is 37.3 Å². The molecule has 0 radical (unpaired) electrons. The first-order chi connectivity index (χ1) is 13.5. The number of ether oxygens (including phenoxy) is 2. The van der Waals surface area contributed by atoms with E-state index in [2.05, 4.69) is 10.6 Å². The summed E-state index contributed by atoms with van der Waals surface area (Å²) in [6.07, 6.45) is -0.206. The Bertz CT molecular complexity index is 671. The van der Waals surface area contributed by atoms with Crippen molar-refractivity contribution in [3.05, 3.63) is 35.9 Å². The Kier molecular flexibility index (Phi) is 9.61. The van der Waals surface area contributed by atoms with Crippen molar-refractivity contribution < 1.29 is 29.0 Å². The van der Waals surface area contributed by atoms with Gasteiger partial charge in [0.2, 0.25) is 5.91 Å². The molecule has 0 unspecified atom stereocenters. The Hall–Kier alpha value is -2.61. The second-order valence-corrected chi connectivity index (χ2v) is 7.91. The molecule has 2 amide bonds. The Balaban J connectivity index is 2.82. The molecule has 3 atom stereocenters. The predicted octanol–water partition coefficient (Wildman–Crippen LogP) is 2.71. The minimum atomic E-state index is -1.13. The number of alkyl carbamates (subject to hydrolysis) is 1. The first-order valence-corrected chi connectivity index (χ1v) is 9.67. The number of carboxylic acid groups (broad SMARTS) is 1. The smallest absolute Gasteiger partial charge is 0.408 e. The van der Waals surface area contributed by atoms with Crippen molar-refractivity contribution in [1.29, 1.82) is 0 Å². The lowest BCUT2D eigenvalue weighted by atomic mass is 9.99. The molecule has 8 heteroatoms. The van der Waals surface area contributed by atoms with Crippen LogP contribution in [0.2, 0.25) is 0 Å². The molecule has 8 nitrogen and oxygen atoms in total. The van der Waals surface area contributed by atoms with Crippen LogP contribution in [0.4, 0.5) is 4.79 Å². The number of carbonyl (C=O) groups is 3. The Morgan fingerprint density at radius 2 is 1.72 bits per heavy atom. The fourth-order valence-electron chi connectivity index (χ4n) is 2.44. The molecular weight excluding hydrogens is 376 g/mol. The van der Waals surface area contributed by atoms with E-state index in [9.17, 15) is 19.5 Å². The summed E-state index contributed by atoms with van der Waals surface area (Å²) >= 11 is 0. The molecule has 0 aromatic heterocycles. The van der Waals surface area contributed by atoms with Gasteiger partial charge in [0.05, 0.1) is 13.2 Å². The van der Waals surface area contributed by atoms with Gasteiger partial charge in [0.1, 0.15) is 17.7 Å². The maximum Gasteiger partial charge on any atom is 0.408 e. The van der Waals surface area contributed by atoms with Crippen LogP contribution in [-0.2, 0) is 25.7 Å². The zero-order chi connectivity index (χ0) is 22.0. The molecule has 1 rings (SSSR count). The van der Waals surface area contributed by atoms with Gasteiger partial charge in [-0.15, -0.1) is 0 Å². The molecule has 0 aliphatic rings. The average molecular weight is 408 g/mol. The number of aliphatic carboxylic acids is 1. The highest BCUT2D eigenvalue weighted by Crippen LogP contribution is 2.10. The summed E-state index contributed by atoms with van der Waals surface area (Å²) < 4.78 is 10.8. The minimum absolute atomic E-state index is 0.132. The third kappa shape index (κ3) is 9.43. The van der Waals surface area contributed by atoms with Crippen LogP contribution in [0.15, 0.2) is 30.3 Å². The molecule has 29 heavy (non-hydrogen) atoms. The standard InChI is InChI=1S/C21H32N2O6/c1-6-14(2)17(19(25)26)23-18(24)16(22-20(27)29-21(3,4)5)13-28-12-15-10-8-7-9-11-15/h7-11,14,16-17H,6,12-13H2,1-5H3,(H,22,27)(H,23,24)(H,25,26)/t14-,16+,17+/m1/s1. The van der Waals surface area contributed by atoms with E-state index in [1.54, 1.807) is 27.7 Å². The summed E-state index contributed by atoms with van der Waals surface area (Å²) in [4.78, 5) is 36.3. The number of hydrogen-bond donors (Lipinski definition) is 3. The number of carboxylic acids is 1. The van der Waals surface area contributed by atoms with Gasteiger partial charge in [-0.05, 0) is 32.3 Å². The van der Waals surface area contributed by atoms with Crippen molar-refractivity contribution in [2.45, 2.75) is 65.3 Å². The van der Waals surface area contributed by atoms with Crippen molar-refractivity contribution >= 4 is 18.0 Å². The fourth-order valence-corrected chi connectivity index (χ4v) is 2.44. The van der Waals surface area contributed by atoms with Crippen LogP contribution < -0.4 is 10.6 Å². The largest absolute Gasteiger partial charge is 0.480 e. The van der Waals surface area contributed by atoms with Crippen LogP contribution in [0.25, 0.3) is 0 Å². The summed E-state index contributed by atoms with van der Waals surface area (Å²) in [7, 11) is 0. The summed E-state index contributed by atoms with van der Waals surface area (Å²) in [6, 6.07) is 7.20. The van der Waals surface area contributed by atoms with Gasteiger partial charge in [-0.3, -0.25) is 4.79 Å². The first-order valence-electron chi connectivity index (χ1n) is 9.67. The maximum absolute atomic E-state index is 12.7. The zero-order valence-corrected chi connectivity index (χ0v) is 17.7. The third-order valence-electron chi connectivity index (χ3n) is 4.18. The van der Waals surface area contributed by atoms with Crippen LogP contribution in [0.5, 0.6) is 0 Å². The molecule has 3 N–H and O–H groups in total. The molecule has 162 valence electrons. The summed E-state index contributed by atoms with van der Waals surface area (Å²) in [5, 5.41) is 14.4. The fraction of sp³-hybridized carbons (Fsp3) is 0.571. The van der Waals surface area contributed by atoms with E-state index in [-0.39, 0.29) is 19.1 Å². The Labute approximate surface area is 172 Å². The van der Waals surface area contributed by atoms with E-state index in [0.29, 0.717) is 6.42 Å². The van der Waals surface area contributed by atoms with Crippen molar-refractivity contribution in [1.82, 2.24) is 10.6 Å². The second-order valence-electron chi connectivity index (χ2n) is 7.91. The van der Waals surface area contributed by atoms with Crippen molar-refractivity contribution in [2.24, 2.45) is 5.92 Å². The highest BCUT2D eigenvalue weighted by Gasteiger charge is 2.30. The van der Waals surface area contributed by atoms with Gasteiger partial charge in [-0.1, -0.05) is 50.6 Å². The Morgan fingerprint density at radius 1 is 1.10 bits per heavy atom. The lowest BCUT2D eigenvalue weighted by Crippen LogP contribution is -2.55. The Morgan fingerprint density at radius 3 is 2.24 bits per heavy atom. The number of nitrogens with one attached hydrogen (secondary N) is 2. The van der Waals surface area contributed by atoms with Gasteiger partial charge < -0.3 is 25.2 Å². The highest BCUT2D eigenvalue weighted by molar-refractivity contribution is 5.89. The molecule has 0 aliphatic carbocycles. The quantitative estimate of drug-likeness (QED) is 0.548. The van der Waals surface area contributed by atoms with Crippen molar-refractivity contribution in [2.75, 3.05) is 6.61 Å². The van der Waals surface area contributed by atoms with Gasteiger partial charge in [0.15, 0.2) is 0 Å². The zero-order valence-electron chi connectivity index (χ0n) is 17.7. The molecule has 1 aromatic carbocycles. The molecule has 0 aliphatic heterocycles. The van der Waals surface area contributed by atoms with Crippen LogP contribution >= 0.6 is 0 Å². The summed E-state index contributed by atoms with van der Waals surface area (Å²) in [5.74, 6) is -2.05. The van der Waals surface area contributed by atoms with Gasteiger partial charge in [-0.25, -0.2) is 9.59 Å². The monoisotopic (exact) mass is 408 g/mol. The van der Waals surface area contributed by atoms with E-state index in [1.165, 1.54) is 0 Å². The molecule has 0 fully saturated rings. The third-order valence-corrected chi connectivity index (χ3v) is 4.18. The maximum atomic E-state index is 12.7. The predicted molar refractivity (Wildman–Crippen MR) is 108 cm³/mol. The SMILES string of the molecule is CC[C@@H](C)[C@H](NC(=O)[C@H](COCc1ccccc1)NC(=O)OC(C)(C)C)C(=O)O. The van der Waals surface area contributed by atoms with Crippen molar-refractivity contribution in [3.63, 3.8) is 0 Å². The van der Waals surface area contributed by atoms with Gasteiger partial charge in [0.25, 0.3) is 0 Å². The molecular formula is C21H32N2O6. The van der Waals surface area contributed by atoms with E-state index in [4.69, 9.17) is 9.47 Å². The van der Waals surface area contributed by atoms with Crippen LogP contribution in [0.1, 0.15) is 46.6 Å². The van der Waals surface area contributed by atoms with E-state index in [0.717, 1.165) is 5.56 Å². The normalized spacial score (nSPS) is 14.4. The molecule has 0 saturated heterocycles. The molecule has 0 saturated carbocycles. The number of rotatable bonds is 10. The molecule has 1 aromatic rings. The van der Waals surface area contributed by atoms with E-state index < -0.39 is 35.7 Å². The number of hydrogen-bond acceptors (Lipinski definition) is 5. The lowest BCUT2D eigenvalue weighted by Gasteiger charge is -2.26. The van der Waals surface area contributed by atoms with Crippen molar-refractivity contribution in [3.8, 4) is 0 Å². The summed E-state index contributed by atoms with van der Waals surface area (Å²) in [6.45, 7) is 8.80. The lowest BCUT2D eigenvalue weighted by molar-refractivity contribution is -0.143. The number of benzene rings is 1. The van der Waals surface area contributed by atoms with Gasteiger partial charge in [-0.2, -0.15) is 0 Å². The second kappa shape index (κ2) is 11.4. The highest BCUT2D eigenvalue weighted by atomic mass is 16.6. The minimum Gasteiger partial charge on any atom is -0.480 e. The topological polar surface area (TPSA) is 114 Å². The van der Waals surface area contributed by atoms with Gasteiger partial charge in [0, 0.05) is 0 Å².